The largest absolute Gasteiger partial charge is 0.351 e. The molecule has 1 N–H and O–H groups in total. The quantitative estimate of drug-likeness (QED) is 0.903. The minimum absolute atomic E-state index is 0.500. The highest BCUT2D eigenvalue weighted by molar-refractivity contribution is 5.64. The van der Waals surface area contributed by atoms with Gasteiger partial charge in [0, 0.05) is 12.2 Å². The third-order valence-corrected chi connectivity index (χ3v) is 4.21. The van der Waals surface area contributed by atoms with Crippen LogP contribution in [0, 0.1) is 0 Å². The first kappa shape index (κ1) is 11.8. The Bertz CT molecular complexity index is 618. The van der Waals surface area contributed by atoms with Crippen molar-refractivity contribution in [2.75, 3.05) is 5.32 Å². The van der Waals surface area contributed by atoms with Gasteiger partial charge < -0.3 is 5.32 Å². The molecule has 20 heavy (non-hydrogen) atoms. The van der Waals surface area contributed by atoms with E-state index in [0.717, 1.165) is 35.5 Å². The van der Waals surface area contributed by atoms with Crippen molar-refractivity contribution in [3.05, 3.63) is 17.5 Å². The van der Waals surface area contributed by atoms with Gasteiger partial charge in [-0.15, -0.1) is 0 Å². The Kier molecular flexibility index (Phi) is 2.86. The molecule has 2 aromatic rings. The highest BCUT2D eigenvalue weighted by Gasteiger charge is 2.24. The molecular formula is C14H17N5O. The van der Waals surface area contributed by atoms with E-state index in [2.05, 4.69) is 25.6 Å². The van der Waals surface area contributed by atoms with Gasteiger partial charge in [0.15, 0.2) is 5.69 Å². The fraction of sp³-hybridized carbons (Fsp3) is 0.571. The van der Waals surface area contributed by atoms with Gasteiger partial charge in [0.25, 0.3) is 0 Å². The molecule has 0 aromatic carbocycles. The number of hydrogen-bond donors (Lipinski definition) is 1. The summed E-state index contributed by atoms with van der Waals surface area (Å²) >= 11 is 0. The van der Waals surface area contributed by atoms with Gasteiger partial charge in [-0.05, 0) is 36.4 Å². The van der Waals surface area contributed by atoms with Crippen molar-refractivity contribution < 1.29 is 4.63 Å². The predicted molar refractivity (Wildman–Crippen MR) is 73.2 cm³/mol. The van der Waals surface area contributed by atoms with Crippen LogP contribution in [0.5, 0.6) is 0 Å². The van der Waals surface area contributed by atoms with Crippen LogP contribution in [0.4, 0.5) is 5.95 Å². The number of nitrogens with one attached hydrogen (secondary N) is 1. The number of fused-ring (bicyclic) bond motifs is 3. The van der Waals surface area contributed by atoms with E-state index in [1.807, 2.05) is 6.20 Å². The summed E-state index contributed by atoms with van der Waals surface area (Å²) in [5.41, 5.74) is 3.68. The number of hydrogen-bond acceptors (Lipinski definition) is 6. The Labute approximate surface area is 117 Å². The third kappa shape index (κ3) is 2.05. The zero-order valence-corrected chi connectivity index (χ0v) is 11.3. The number of anilines is 1. The van der Waals surface area contributed by atoms with Crippen molar-refractivity contribution in [1.82, 2.24) is 20.3 Å². The van der Waals surface area contributed by atoms with Gasteiger partial charge in [0.05, 0.1) is 0 Å². The smallest absolute Gasteiger partial charge is 0.223 e. The minimum Gasteiger partial charge on any atom is -0.351 e. The first-order valence-corrected chi connectivity index (χ1v) is 7.34. The second-order valence-corrected chi connectivity index (χ2v) is 5.61. The van der Waals surface area contributed by atoms with Crippen molar-refractivity contribution in [2.24, 2.45) is 0 Å². The Morgan fingerprint density at radius 1 is 1.05 bits per heavy atom. The standard InChI is InChI=1S/C14H17N5O/c1-2-4-10(5-3-1)16-14-15-8-9-6-7-11-13(12(9)17-14)19-20-18-11/h8,10H,1-7H2,(H,15,16,17). The molecule has 0 spiro atoms. The van der Waals surface area contributed by atoms with Crippen molar-refractivity contribution >= 4 is 5.95 Å². The highest BCUT2D eigenvalue weighted by atomic mass is 16.6. The van der Waals surface area contributed by atoms with Gasteiger partial charge in [0.1, 0.15) is 11.4 Å². The van der Waals surface area contributed by atoms with Crippen LogP contribution < -0.4 is 5.32 Å². The van der Waals surface area contributed by atoms with E-state index in [0.29, 0.717) is 12.0 Å². The molecule has 0 atom stereocenters. The van der Waals surface area contributed by atoms with Crippen molar-refractivity contribution in [3.63, 3.8) is 0 Å². The minimum atomic E-state index is 0.500. The third-order valence-electron chi connectivity index (χ3n) is 4.21. The molecule has 0 unspecified atom stereocenters. The lowest BCUT2D eigenvalue weighted by Crippen LogP contribution is -2.24. The van der Waals surface area contributed by atoms with Crippen LogP contribution in [0.1, 0.15) is 43.4 Å². The molecule has 0 saturated heterocycles. The summed E-state index contributed by atoms with van der Waals surface area (Å²) in [5.74, 6) is 0.700. The molecule has 1 saturated carbocycles. The summed E-state index contributed by atoms with van der Waals surface area (Å²) in [7, 11) is 0. The number of aryl methyl sites for hydroxylation is 2. The first-order valence-electron chi connectivity index (χ1n) is 7.34. The molecule has 0 amide bonds. The summed E-state index contributed by atoms with van der Waals surface area (Å²) in [6.07, 6.45) is 10.0. The second kappa shape index (κ2) is 4.85. The molecule has 4 rings (SSSR count). The molecule has 0 aliphatic heterocycles. The molecule has 2 aliphatic rings. The van der Waals surface area contributed by atoms with Crippen LogP contribution in [0.15, 0.2) is 10.8 Å². The normalized spacial score (nSPS) is 18.4. The SMILES string of the molecule is c1nc(NC2CCCCC2)nc2c1CCc1nonc1-2. The van der Waals surface area contributed by atoms with E-state index in [1.54, 1.807) is 0 Å². The van der Waals surface area contributed by atoms with Gasteiger partial charge in [-0.25, -0.2) is 14.6 Å². The zero-order chi connectivity index (χ0) is 13.4. The van der Waals surface area contributed by atoms with E-state index in [9.17, 15) is 0 Å². The van der Waals surface area contributed by atoms with Crippen LogP contribution in [0.3, 0.4) is 0 Å². The lowest BCUT2D eigenvalue weighted by Gasteiger charge is -2.23. The van der Waals surface area contributed by atoms with E-state index in [1.165, 1.54) is 32.1 Å². The van der Waals surface area contributed by atoms with Crippen molar-refractivity contribution in [3.8, 4) is 11.4 Å². The number of nitrogens with zero attached hydrogens (tertiary/aromatic N) is 4. The van der Waals surface area contributed by atoms with Gasteiger partial charge in [-0.1, -0.05) is 24.4 Å². The summed E-state index contributed by atoms with van der Waals surface area (Å²) in [5, 5.41) is 11.4. The maximum atomic E-state index is 4.83. The summed E-state index contributed by atoms with van der Waals surface area (Å²) in [4.78, 5) is 9.08. The Hall–Kier alpha value is -1.98. The van der Waals surface area contributed by atoms with E-state index in [4.69, 9.17) is 4.63 Å². The highest BCUT2D eigenvalue weighted by Crippen LogP contribution is 2.30. The van der Waals surface area contributed by atoms with Gasteiger partial charge in [0.2, 0.25) is 5.95 Å². The van der Waals surface area contributed by atoms with Crippen LogP contribution in [0.25, 0.3) is 11.4 Å². The van der Waals surface area contributed by atoms with Crippen LogP contribution >= 0.6 is 0 Å². The fourth-order valence-corrected chi connectivity index (χ4v) is 3.10. The number of rotatable bonds is 2. The molecule has 6 nitrogen and oxygen atoms in total. The van der Waals surface area contributed by atoms with Gasteiger partial charge >= 0.3 is 0 Å². The summed E-state index contributed by atoms with van der Waals surface area (Å²) < 4.78 is 4.83. The number of aromatic nitrogens is 4. The molecule has 2 heterocycles. The molecule has 0 radical (unpaired) electrons. The summed E-state index contributed by atoms with van der Waals surface area (Å²) in [6, 6.07) is 0.500. The molecule has 104 valence electrons. The summed E-state index contributed by atoms with van der Waals surface area (Å²) in [6.45, 7) is 0. The van der Waals surface area contributed by atoms with Crippen LogP contribution in [-0.2, 0) is 12.8 Å². The Morgan fingerprint density at radius 2 is 1.95 bits per heavy atom. The maximum Gasteiger partial charge on any atom is 0.223 e. The lowest BCUT2D eigenvalue weighted by atomic mass is 9.95. The monoisotopic (exact) mass is 271 g/mol. The average Bonchev–Trinajstić information content (AvgIpc) is 2.97. The van der Waals surface area contributed by atoms with Gasteiger partial charge in [-0.2, -0.15) is 0 Å². The molecule has 2 aromatic heterocycles. The zero-order valence-electron chi connectivity index (χ0n) is 11.3. The first-order chi connectivity index (χ1) is 9.90. The van der Waals surface area contributed by atoms with Crippen LogP contribution in [0.2, 0.25) is 0 Å². The molecule has 2 aliphatic carbocycles. The fourth-order valence-electron chi connectivity index (χ4n) is 3.10. The molecule has 6 heteroatoms. The topological polar surface area (TPSA) is 76.7 Å². The maximum absolute atomic E-state index is 4.83. The van der Waals surface area contributed by atoms with Crippen molar-refractivity contribution in [2.45, 2.75) is 51.0 Å². The second-order valence-electron chi connectivity index (χ2n) is 5.61. The van der Waals surface area contributed by atoms with E-state index in [-0.39, 0.29) is 0 Å². The Balaban J connectivity index is 1.62. The predicted octanol–water partition coefficient (Wildman–Crippen LogP) is 2.37. The molecular weight excluding hydrogens is 254 g/mol. The van der Waals surface area contributed by atoms with Crippen molar-refractivity contribution in [1.29, 1.82) is 0 Å². The van der Waals surface area contributed by atoms with E-state index < -0.39 is 0 Å². The van der Waals surface area contributed by atoms with Crippen LogP contribution in [-0.4, -0.2) is 26.3 Å². The van der Waals surface area contributed by atoms with Gasteiger partial charge in [-0.3, -0.25) is 0 Å². The Morgan fingerprint density at radius 3 is 2.85 bits per heavy atom. The average molecular weight is 271 g/mol. The lowest BCUT2D eigenvalue weighted by molar-refractivity contribution is 0.304. The molecule has 0 bridgehead atoms. The molecule has 1 fully saturated rings. The van der Waals surface area contributed by atoms with E-state index >= 15 is 0 Å².